The van der Waals surface area contributed by atoms with E-state index in [9.17, 15) is 0 Å². The number of aliphatic hydroxyl groups excluding tert-OH is 1. The summed E-state index contributed by atoms with van der Waals surface area (Å²) in [6.45, 7) is 3.24. The number of rotatable bonds is 6. The van der Waals surface area contributed by atoms with Gasteiger partial charge in [-0.25, -0.2) is 4.98 Å². The predicted molar refractivity (Wildman–Crippen MR) is 54.9 cm³/mol. The van der Waals surface area contributed by atoms with Crippen molar-refractivity contribution in [1.82, 2.24) is 10.3 Å². The average molecular weight is 200 g/mol. The van der Waals surface area contributed by atoms with Gasteiger partial charge in [0, 0.05) is 18.2 Å². The maximum absolute atomic E-state index is 8.63. The third kappa shape index (κ3) is 3.42. The third-order valence-electron chi connectivity index (χ3n) is 1.88. The molecule has 2 N–H and O–H groups in total. The standard InChI is InChI=1S/C9H16N2OS/c1-2-8(10-4-3-6-12)9-11-5-7-13-9/h5,7-8,10,12H,2-4,6H2,1H3. The van der Waals surface area contributed by atoms with Crippen LogP contribution in [0.2, 0.25) is 0 Å². The van der Waals surface area contributed by atoms with E-state index in [4.69, 9.17) is 5.11 Å². The van der Waals surface area contributed by atoms with Gasteiger partial charge < -0.3 is 10.4 Å². The van der Waals surface area contributed by atoms with Crippen LogP contribution in [0.3, 0.4) is 0 Å². The second-order valence-electron chi connectivity index (χ2n) is 2.86. The van der Waals surface area contributed by atoms with Crippen LogP contribution in [-0.2, 0) is 0 Å². The second kappa shape index (κ2) is 6.07. The summed E-state index contributed by atoms with van der Waals surface area (Å²) >= 11 is 1.68. The molecule has 1 atom stereocenters. The zero-order valence-corrected chi connectivity index (χ0v) is 8.68. The Morgan fingerprint density at radius 2 is 2.54 bits per heavy atom. The molecular weight excluding hydrogens is 184 g/mol. The molecule has 0 amide bonds. The van der Waals surface area contributed by atoms with E-state index in [0.717, 1.165) is 24.4 Å². The molecule has 0 saturated carbocycles. The van der Waals surface area contributed by atoms with Crippen LogP contribution < -0.4 is 5.32 Å². The highest BCUT2D eigenvalue weighted by Gasteiger charge is 2.09. The van der Waals surface area contributed by atoms with Crippen molar-refractivity contribution in [1.29, 1.82) is 0 Å². The first-order valence-corrected chi connectivity index (χ1v) is 5.50. The molecule has 4 heteroatoms. The molecule has 0 fully saturated rings. The minimum atomic E-state index is 0.251. The number of hydrogen-bond donors (Lipinski definition) is 2. The number of hydrogen-bond acceptors (Lipinski definition) is 4. The van der Waals surface area contributed by atoms with Gasteiger partial charge in [0.1, 0.15) is 5.01 Å². The molecule has 0 aliphatic carbocycles. The van der Waals surface area contributed by atoms with Crippen LogP contribution in [0.15, 0.2) is 11.6 Å². The smallest absolute Gasteiger partial charge is 0.109 e. The van der Waals surface area contributed by atoms with E-state index < -0.39 is 0 Å². The van der Waals surface area contributed by atoms with Crippen LogP contribution in [0.1, 0.15) is 30.8 Å². The highest BCUT2D eigenvalue weighted by Crippen LogP contribution is 2.18. The fraction of sp³-hybridized carbons (Fsp3) is 0.667. The molecule has 0 spiro atoms. The van der Waals surface area contributed by atoms with Gasteiger partial charge in [-0.05, 0) is 19.4 Å². The Morgan fingerprint density at radius 3 is 3.08 bits per heavy atom. The van der Waals surface area contributed by atoms with Gasteiger partial charge in [0.15, 0.2) is 0 Å². The lowest BCUT2D eigenvalue weighted by Crippen LogP contribution is -2.22. The van der Waals surface area contributed by atoms with Crippen LogP contribution in [0.4, 0.5) is 0 Å². The van der Waals surface area contributed by atoms with Crippen LogP contribution in [0, 0.1) is 0 Å². The van der Waals surface area contributed by atoms with Crippen molar-refractivity contribution in [3.63, 3.8) is 0 Å². The lowest BCUT2D eigenvalue weighted by atomic mass is 10.2. The summed E-state index contributed by atoms with van der Waals surface area (Å²) in [6, 6.07) is 0.353. The molecule has 1 unspecified atom stereocenters. The largest absolute Gasteiger partial charge is 0.396 e. The van der Waals surface area contributed by atoms with E-state index >= 15 is 0 Å². The Morgan fingerprint density at radius 1 is 1.69 bits per heavy atom. The summed E-state index contributed by atoms with van der Waals surface area (Å²) in [5.74, 6) is 0. The average Bonchev–Trinajstić information content (AvgIpc) is 2.65. The minimum Gasteiger partial charge on any atom is -0.396 e. The number of nitrogens with zero attached hydrogens (tertiary/aromatic N) is 1. The number of thiazole rings is 1. The Bertz CT molecular complexity index is 213. The van der Waals surface area contributed by atoms with Crippen LogP contribution in [-0.4, -0.2) is 23.2 Å². The third-order valence-corrected chi connectivity index (χ3v) is 2.77. The Hall–Kier alpha value is -0.450. The fourth-order valence-corrected chi connectivity index (χ4v) is 1.97. The molecule has 74 valence electrons. The molecule has 0 aliphatic rings. The van der Waals surface area contributed by atoms with Gasteiger partial charge in [-0.1, -0.05) is 6.92 Å². The Kier molecular flexibility index (Phi) is 4.97. The Balaban J connectivity index is 2.35. The van der Waals surface area contributed by atoms with E-state index in [1.165, 1.54) is 0 Å². The van der Waals surface area contributed by atoms with Gasteiger partial charge in [-0.2, -0.15) is 0 Å². The molecule has 0 radical (unpaired) electrons. The molecule has 0 bridgehead atoms. The van der Waals surface area contributed by atoms with Gasteiger partial charge in [0.25, 0.3) is 0 Å². The van der Waals surface area contributed by atoms with E-state index in [-0.39, 0.29) is 6.61 Å². The lowest BCUT2D eigenvalue weighted by Gasteiger charge is -2.13. The zero-order valence-electron chi connectivity index (χ0n) is 7.86. The van der Waals surface area contributed by atoms with Crippen LogP contribution in [0.25, 0.3) is 0 Å². The van der Waals surface area contributed by atoms with E-state index in [1.807, 2.05) is 11.6 Å². The molecule has 3 nitrogen and oxygen atoms in total. The predicted octanol–water partition coefficient (Wildman–Crippen LogP) is 1.57. The topological polar surface area (TPSA) is 45.1 Å². The molecule has 1 heterocycles. The van der Waals surface area contributed by atoms with Gasteiger partial charge in [-0.15, -0.1) is 11.3 Å². The molecule has 0 saturated heterocycles. The first-order valence-electron chi connectivity index (χ1n) is 4.62. The first kappa shape index (κ1) is 10.6. The fourth-order valence-electron chi connectivity index (χ4n) is 1.17. The molecule has 13 heavy (non-hydrogen) atoms. The molecule has 1 aromatic heterocycles. The maximum atomic E-state index is 8.63. The van der Waals surface area contributed by atoms with Crippen molar-refractivity contribution >= 4 is 11.3 Å². The second-order valence-corrected chi connectivity index (χ2v) is 3.79. The zero-order chi connectivity index (χ0) is 9.52. The quantitative estimate of drug-likeness (QED) is 0.685. The maximum Gasteiger partial charge on any atom is 0.109 e. The summed E-state index contributed by atoms with van der Waals surface area (Å²) < 4.78 is 0. The summed E-state index contributed by atoms with van der Waals surface area (Å²) in [5.41, 5.74) is 0. The summed E-state index contributed by atoms with van der Waals surface area (Å²) in [6.07, 6.45) is 3.68. The number of nitrogens with one attached hydrogen (secondary N) is 1. The van der Waals surface area contributed by atoms with Crippen LogP contribution in [0.5, 0.6) is 0 Å². The highest BCUT2D eigenvalue weighted by atomic mass is 32.1. The summed E-state index contributed by atoms with van der Waals surface area (Å²) in [4.78, 5) is 4.26. The molecule has 1 rings (SSSR count). The summed E-state index contributed by atoms with van der Waals surface area (Å²) in [7, 11) is 0. The molecule has 0 aliphatic heterocycles. The highest BCUT2D eigenvalue weighted by molar-refractivity contribution is 7.09. The van der Waals surface area contributed by atoms with Crippen molar-refractivity contribution in [3.05, 3.63) is 16.6 Å². The van der Waals surface area contributed by atoms with Crippen molar-refractivity contribution in [3.8, 4) is 0 Å². The van der Waals surface area contributed by atoms with Crippen molar-refractivity contribution < 1.29 is 5.11 Å². The van der Waals surface area contributed by atoms with Gasteiger partial charge >= 0.3 is 0 Å². The van der Waals surface area contributed by atoms with Gasteiger partial charge in [0.05, 0.1) is 6.04 Å². The Labute approximate surface area is 82.8 Å². The number of aromatic nitrogens is 1. The van der Waals surface area contributed by atoms with Crippen LogP contribution >= 0.6 is 11.3 Å². The van der Waals surface area contributed by atoms with Crippen molar-refractivity contribution in [2.45, 2.75) is 25.8 Å². The number of aliphatic hydroxyl groups is 1. The molecular formula is C9H16N2OS. The normalized spacial score (nSPS) is 13.1. The van der Waals surface area contributed by atoms with E-state index in [0.29, 0.717) is 6.04 Å². The summed E-state index contributed by atoms with van der Waals surface area (Å²) in [5, 5.41) is 15.1. The monoisotopic (exact) mass is 200 g/mol. The van der Waals surface area contributed by atoms with E-state index in [2.05, 4.69) is 17.2 Å². The van der Waals surface area contributed by atoms with Gasteiger partial charge in [-0.3, -0.25) is 0 Å². The van der Waals surface area contributed by atoms with Crippen molar-refractivity contribution in [2.75, 3.05) is 13.2 Å². The van der Waals surface area contributed by atoms with Gasteiger partial charge in [0.2, 0.25) is 0 Å². The SMILES string of the molecule is CCC(NCCCO)c1nccs1. The lowest BCUT2D eigenvalue weighted by molar-refractivity contribution is 0.283. The molecule has 1 aromatic rings. The van der Waals surface area contributed by atoms with Crippen molar-refractivity contribution in [2.24, 2.45) is 0 Å². The van der Waals surface area contributed by atoms with E-state index in [1.54, 1.807) is 11.3 Å². The molecule has 0 aromatic carbocycles. The first-order chi connectivity index (χ1) is 6.38. The minimum absolute atomic E-state index is 0.251.